The first-order valence-electron chi connectivity index (χ1n) is 4.57. The molecule has 0 unspecified atom stereocenters. The van der Waals surface area contributed by atoms with E-state index in [0.29, 0.717) is 0 Å². The van der Waals surface area contributed by atoms with Crippen molar-refractivity contribution in [2.45, 2.75) is 39.9 Å². The molecule has 0 bridgehead atoms. The molecule has 0 atom stereocenters. The summed E-state index contributed by atoms with van der Waals surface area (Å²) in [5.74, 6) is -0.716. The minimum absolute atomic E-state index is 0.167. The Balaban J connectivity index is 4.24. The first-order valence-corrected chi connectivity index (χ1v) is 4.57. The summed E-state index contributed by atoms with van der Waals surface area (Å²) in [6.07, 6.45) is -0.355. The molecule has 6 nitrogen and oxygen atoms in total. The third kappa shape index (κ3) is 6.46. The fourth-order valence-electron chi connectivity index (χ4n) is 0.490. The fourth-order valence-corrected chi connectivity index (χ4v) is 0.490. The van der Waals surface area contributed by atoms with E-state index in [1.54, 1.807) is 33.8 Å². The second-order valence-electron chi connectivity index (χ2n) is 3.30. The lowest BCUT2D eigenvalue weighted by molar-refractivity contribution is -0.129. The molecule has 84 valence electrons. The van der Waals surface area contributed by atoms with E-state index in [9.17, 15) is 4.79 Å². The molecule has 0 aromatic heterocycles. The third-order valence-electron chi connectivity index (χ3n) is 1.06. The molecule has 0 spiro atoms. The molecular formula is C9H15N3O3. The van der Waals surface area contributed by atoms with Gasteiger partial charge in [0, 0.05) is 0 Å². The molecule has 0 saturated carbocycles. The average molecular weight is 213 g/mol. The maximum atomic E-state index is 11.2. The largest absolute Gasteiger partial charge is 0.392 e. The molecule has 6 heteroatoms. The number of carbonyl (C=O) groups is 1. The molecule has 1 amide bonds. The van der Waals surface area contributed by atoms with Crippen LogP contribution in [-0.4, -0.2) is 23.8 Å². The van der Waals surface area contributed by atoms with E-state index < -0.39 is 5.91 Å². The van der Waals surface area contributed by atoms with Crippen LogP contribution >= 0.6 is 0 Å². The summed E-state index contributed by atoms with van der Waals surface area (Å²) < 4.78 is 0. The van der Waals surface area contributed by atoms with Crippen molar-refractivity contribution in [3.05, 3.63) is 0 Å². The maximum Gasteiger partial charge on any atom is 0.307 e. The van der Waals surface area contributed by atoms with Gasteiger partial charge in [-0.3, -0.25) is 9.63 Å². The highest BCUT2D eigenvalue weighted by Gasteiger charge is 2.12. The second-order valence-corrected chi connectivity index (χ2v) is 3.30. The van der Waals surface area contributed by atoms with Gasteiger partial charge >= 0.3 is 5.91 Å². The monoisotopic (exact) mass is 213 g/mol. The van der Waals surface area contributed by atoms with Crippen LogP contribution in [0.25, 0.3) is 0 Å². The van der Waals surface area contributed by atoms with Gasteiger partial charge in [-0.05, 0) is 27.7 Å². The number of nitrogens with zero attached hydrogens (tertiary/aromatic N) is 2. The molecule has 0 radical (unpaired) electrons. The van der Waals surface area contributed by atoms with Crippen molar-refractivity contribution in [3.8, 4) is 6.07 Å². The minimum Gasteiger partial charge on any atom is -0.392 e. The van der Waals surface area contributed by atoms with Crippen LogP contribution in [-0.2, 0) is 14.5 Å². The Morgan fingerprint density at radius 2 is 1.93 bits per heavy atom. The van der Waals surface area contributed by atoms with Gasteiger partial charge in [0.05, 0.1) is 6.10 Å². The molecule has 0 aliphatic carbocycles. The van der Waals surface area contributed by atoms with Gasteiger partial charge in [-0.1, -0.05) is 5.16 Å². The first kappa shape index (κ1) is 13.4. The van der Waals surface area contributed by atoms with Crippen molar-refractivity contribution in [1.82, 2.24) is 5.48 Å². The van der Waals surface area contributed by atoms with Crippen LogP contribution in [0.3, 0.4) is 0 Å². The highest BCUT2D eigenvalue weighted by Crippen LogP contribution is 1.90. The van der Waals surface area contributed by atoms with Gasteiger partial charge in [-0.25, -0.2) is 5.48 Å². The van der Waals surface area contributed by atoms with Gasteiger partial charge < -0.3 is 4.84 Å². The van der Waals surface area contributed by atoms with Gasteiger partial charge in [0.15, 0.2) is 0 Å². The van der Waals surface area contributed by atoms with E-state index in [4.69, 9.17) is 14.9 Å². The van der Waals surface area contributed by atoms with Crippen LogP contribution in [0, 0.1) is 11.3 Å². The Hall–Kier alpha value is -1.61. The predicted molar refractivity (Wildman–Crippen MR) is 53.6 cm³/mol. The van der Waals surface area contributed by atoms with E-state index in [2.05, 4.69) is 10.6 Å². The van der Waals surface area contributed by atoms with Crippen LogP contribution in [0.2, 0.25) is 0 Å². The van der Waals surface area contributed by atoms with E-state index in [1.807, 2.05) is 0 Å². The van der Waals surface area contributed by atoms with Crippen molar-refractivity contribution in [1.29, 1.82) is 5.26 Å². The van der Waals surface area contributed by atoms with Gasteiger partial charge in [0.1, 0.15) is 12.2 Å². The van der Waals surface area contributed by atoms with E-state index in [1.165, 1.54) is 0 Å². The van der Waals surface area contributed by atoms with Crippen molar-refractivity contribution in [2.24, 2.45) is 5.16 Å². The average Bonchev–Trinajstić information content (AvgIpc) is 2.15. The number of hydrogen-bond donors (Lipinski definition) is 1. The Labute approximate surface area is 88.8 Å². The number of rotatable bonds is 5. The van der Waals surface area contributed by atoms with Crippen LogP contribution in [0.5, 0.6) is 0 Å². The standard InChI is InChI=1S/C9H15N3O3/c1-6(2)14-11-8(5-10)9(13)12-15-7(3)4/h6-7H,1-4H3,(H,12,13). The lowest BCUT2D eigenvalue weighted by Crippen LogP contribution is -2.32. The Morgan fingerprint density at radius 3 is 2.33 bits per heavy atom. The number of nitriles is 1. The molecule has 0 aliphatic heterocycles. The summed E-state index contributed by atoms with van der Waals surface area (Å²) in [5, 5.41) is 12.0. The molecular weight excluding hydrogens is 198 g/mol. The summed E-state index contributed by atoms with van der Waals surface area (Å²) in [4.78, 5) is 20.8. The number of hydrogen-bond acceptors (Lipinski definition) is 5. The molecule has 0 rings (SSSR count). The summed E-state index contributed by atoms with van der Waals surface area (Å²) in [6, 6.07) is 1.61. The van der Waals surface area contributed by atoms with Crippen molar-refractivity contribution in [3.63, 3.8) is 0 Å². The van der Waals surface area contributed by atoms with Gasteiger partial charge in [0.2, 0.25) is 5.71 Å². The molecule has 0 aromatic rings. The van der Waals surface area contributed by atoms with E-state index in [0.717, 1.165) is 0 Å². The molecule has 0 saturated heterocycles. The molecule has 1 N–H and O–H groups in total. The molecule has 0 heterocycles. The van der Waals surface area contributed by atoms with E-state index >= 15 is 0 Å². The highest BCUT2D eigenvalue weighted by molar-refractivity contribution is 6.44. The van der Waals surface area contributed by atoms with Crippen LogP contribution in [0.4, 0.5) is 0 Å². The number of nitrogens with one attached hydrogen (secondary N) is 1. The van der Waals surface area contributed by atoms with Gasteiger partial charge in [-0.15, -0.1) is 0 Å². The zero-order valence-corrected chi connectivity index (χ0v) is 9.27. The number of carbonyl (C=O) groups excluding carboxylic acids is 1. The molecule has 0 aromatic carbocycles. The fraction of sp³-hybridized carbons (Fsp3) is 0.667. The Kier molecular flexibility index (Phi) is 6.06. The zero-order chi connectivity index (χ0) is 11.8. The summed E-state index contributed by atoms with van der Waals surface area (Å²) in [5.41, 5.74) is 1.71. The lowest BCUT2D eigenvalue weighted by Gasteiger charge is -2.07. The van der Waals surface area contributed by atoms with E-state index in [-0.39, 0.29) is 17.9 Å². The predicted octanol–water partition coefficient (Wildman–Crippen LogP) is 0.747. The smallest absolute Gasteiger partial charge is 0.307 e. The minimum atomic E-state index is -0.716. The highest BCUT2D eigenvalue weighted by atomic mass is 16.7. The second kappa shape index (κ2) is 6.79. The quantitative estimate of drug-likeness (QED) is 0.539. The number of amides is 1. The maximum absolute atomic E-state index is 11.2. The number of hydroxylamine groups is 1. The van der Waals surface area contributed by atoms with Gasteiger partial charge in [-0.2, -0.15) is 5.26 Å². The van der Waals surface area contributed by atoms with Crippen LogP contribution in [0.1, 0.15) is 27.7 Å². The Morgan fingerprint density at radius 1 is 1.33 bits per heavy atom. The van der Waals surface area contributed by atoms with Crippen molar-refractivity contribution in [2.75, 3.05) is 0 Å². The van der Waals surface area contributed by atoms with Crippen LogP contribution in [0.15, 0.2) is 5.16 Å². The zero-order valence-electron chi connectivity index (χ0n) is 9.27. The van der Waals surface area contributed by atoms with Crippen molar-refractivity contribution >= 4 is 11.6 Å². The summed E-state index contributed by atoms with van der Waals surface area (Å²) in [7, 11) is 0. The SMILES string of the molecule is CC(C)ON=C(C#N)C(=O)NOC(C)C. The topological polar surface area (TPSA) is 83.7 Å². The molecule has 15 heavy (non-hydrogen) atoms. The number of oxime groups is 1. The summed E-state index contributed by atoms with van der Waals surface area (Å²) in [6.45, 7) is 6.96. The Bertz CT molecular complexity index is 279. The lowest BCUT2D eigenvalue weighted by atomic mass is 10.4. The van der Waals surface area contributed by atoms with Crippen molar-refractivity contribution < 1.29 is 14.5 Å². The molecule has 0 aliphatic rings. The first-order chi connectivity index (χ1) is 6.97. The third-order valence-corrected chi connectivity index (χ3v) is 1.06. The van der Waals surface area contributed by atoms with Gasteiger partial charge in [0.25, 0.3) is 0 Å². The normalized spacial score (nSPS) is 11.4. The molecule has 0 fully saturated rings. The summed E-state index contributed by atoms with van der Waals surface area (Å²) >= 11 is 0. The van der Waals surface area contributed by atoms with Crippen LogP contribution < -0.4 is 5.48 Å².